The molecule has 16 heteroatoms. The number of β-lactam (4-membered cyclic amide) rings is 1. The first-order valence-electron chi connectivity index (χ1n) is 12.4. The number of amides is 2. The Labute approximate surface area is 243 Å². The lowest BCUT2D eigenvalue weighted by Crippen LogP contribution is -2.71. The number of cyclic esters (lactones) is 1. The quantitative estimate of drug-likeness (QED) is 0.134. The monoisotopic (exact) mass is 607 g/mol. The van der Waals surface area contributed by atoms with Gasteiger partial charge in [-0.15, -0.1) is 23.1 Å². The standard InChI is InChI=1S/C25H29N5O9S2/c1-25(2,3)23(35)38-11-37-22(34)18-12(5-6-13-7-8-15(31)39-13)9-40-21-17(20(33)30(18)21)28-19(32)16(29-36-4)14-10-41-24(26)27-14/h5-6,10,13,17,21H,7-9,11H2,1-4H3,(H2,26,27)(H,28,32)/t13?,17-,21+/m1/s1. The second kappa shape index (κ2) is 12.3. The van der Waals surface area contributed by atoms with Crippen LogP contribution in [0.15, 0.2) is 34.0 Å². The average molecular weight is 608 g/mol. The summed E-state index contributed by atoms with van der Waals surface area (Å²) >= 11 is 2.42. The predicted molar refractivity (Wildman–Crippen MR) is 147 cm³/mol. The number of nitrogen functional groups attached to an aromatic ring is 1. The number of ether oxygens (including phenoxy) is 3. The van der Waals surface area contributed by atoms with Crippen LogP contribution in [0.1, 0.15) is 39.3 Å². The Morgan fingerprint density at radius 2 is 2.05 bits per heavy atom. The van der Waals surface area contributed by atoms with Crippen molar-refractivity contribution in [1.29, 1.82) is 0 Å². The molecule has 0 spiro atoms. The van der Waals surface area contributed by atoms with Crippen molar-refractivity contribution in [2.24, 2.45) is 10.6 Å². The van der Waals surface area contributed by atoms with Crippen LogP contribution in [0.5, 0.6) is 0 Å². The largest absolute Gasteiger partial charge is 0.458 e. The maximum atomic E-state index is 13.3. The minimum atomic E-state index is -0.992. The van der Waals surface area contributed by atoms with E-state index in [1.54, 1.807) is 32.9 Å². The molecule has 0 radical (unpaired) electrons. The number of nitrogens with one attached hydrogen (secondary N) is 1. The summed E-state index contributed by atoms with van der Waals surface area (Å²) in [6.07, 6.45) is 3.57. The van der Waals surface area contributed by atoms with E-state index in [1.165, 1.54) is 29.2 Å². The third-order valence-corrected chi connectivity index (χ3v) is 8.04. The smallest absolute Gasteiger partial charge is 0.358 e. The van der Waals surface area contributed by atoms with Gasteiger partial charge in [0.25, 0.3) is 11.8 Å². The third kappa shape index (κ3) is 6.70. The van der Waals surface area contributed by atoms with E-state index in [2.05, 4.69) is 15.5 Å². The van der Waals surface area contributed by atoms with Gasteiger partial charge in [-0.2, -0.15) is 0 Å². The first-order valence-corrected chi connectivity index (χ1v) is 14.4. The summed E-state index contributed by atoms with van der Waals surface area (Å²) in [4.78, 5) is 73.1. The zero-order valence-electron chi connectivity index (χ0n) is 22.7. The molecular weight excluding hydrogens is 578 g/mol. The summed E-state index contributed by atoms with van der Waals surface area (Å²) in [6, 6.07) is -0.992. The SMILES string of the molecule is CON=C(C(=O)N[C@@H]1C(=O)N2C(C(=O)OCOC(=O)C(C)(C)C)=C(C=CC3CCC(=O)O3)CS[C@@H]12)c1csc(N)n1. The van der Waals surface area contributed by atoms with E-state index < -0.39 is 53.5 Å². The number of nitrogens with two attached hydrogens (primary N) is 1. The van der Waals surface area contributed by atoms with Gasteiger partial charge in [-0.25, -0.2) is 9.78 Å². The van der Waals surface area contributed by atoms with Gasteiger partial charge in [-0.05, 0) is 38.8 Å². The van der Waals surface area contributed by atoms with Crippen molar-refractivity contribution in [3.8, 4) is 0 Å². The number of esters is 3. The van der Waals surface area contributed by atoms with Gasteiger partial charge >= 0.3 is 17.9 Å². The van der Waals surface area contributed by atoms with Crippen molar-refractivity contribution in [2.75, 3.05) is 25.4 Å². The van der Waals surface area contributed by atoms with Gasteiger partial charge in [-0.3, -0.25) is 24.1 Å². The highest BCUT2D eigenvalue weighted by Crippen LogP contribution is 2.41. The van der Waals surface area contributed by atoms with Crippen molar-refractivity contribution < 1.29 is 43.0 Å². The Bertz CT molecular complexity index is 1350. The Morgan fingerprint density at radius 3 is 2.66 bits per heavy atom. The number of carbonyl (C=O) groups is 5. The molecule has 3 aliphatic rings. The highest BCUT2D eigenvalue weighted by molar-refractivity contribution is 8.00. The van der Waals surface area contributed by atoms with Crippen LogP contribution in [0, 0.1) is 5.41 Å². The first-order chi connectivity index (χ1) is 19.4. The van der Waals surface area contributed by atoms with Gasteiger partial charge in [0.15, 0.2) is 10.8 Å². The average Bonchev–Trinajstić information content (AvgIpc) is 3.54. The molecule has 4 rings (SSSR count). The van der Waals surface area contributed by atoms with Gasteiger partial charge in [-0.1, -0.05) is 11.2 Å². The number of hydrogen-bond donors (Lipinski definition) is 2. The normalized spacial score (nSPS) is 22.7. The number of thiazole rings is 1. The van der Waals surface area contributed by atoms with Crippen LogP contribution < -0.4 is 11.1 Å². The van der Waals surface area contributed by atoms with E-state index in [0.29, 0.717) is 12.0 Å². The zero-order valence-corrected chi connectivity index (χ0v) is 24.3. The molecule has 0 aliphatic carbocycles. The maximum Gasteiger partial charge on any atom is 0.358 e. The molecule has 3 atom stereocenters. The molecule has 2 amide bonds. The van der Waals surface area contributed by atoms with Crippen molar-refractivity contribution in [3.05, 3.63) is 34.5 Å². The Hall–Kier alpha value is -3.92. The van der Waals surface area contributed by atoms with Crippen LogP contribution in [-0.2, 0) is 43.0 Å². The summed E-state index contributed by atoms with van der Waals surface area (Å²) in [6.45, 7) is 4.31. The predicted octanol–water partition coefficient (Wildman–Crippen LogP) is 1.08. The number of hydrogen-bond acceptors (Lipinski definition) is 14. The van der Waals surface area contributed by atoms with Crippen molar-refractivity contribution >= 4 is 63.7 Å². The number of fused-ring (bicyclic) bond motifs is 1. The number of carbonyl (C=O) groups excluding carboxylic acids is 5. The Kier molecular flexibility index (Phi) is 9.01. The summed E-state index contributed by atoms with van der Waals surface area (Å²) in [5, 5.41) is 7.47. The van der Waals surface area contributed by atoms with Crippen LogP contribution in [0.25, 0.3) is 0 Å². The van der Waals surface area contributed by atoms with Gasteiger partial charge in [0.05, 0.1) is 5.41 Å². The fourth-order valence-corrected chi connectivity index (χ4v) is 5.86. The molecule has 0 bridgehead atoms. The number of rotatable bonds is 9. The lowest BCUT2D eigenvalue weighted by molar-refractivity contribution is -0.173. The van der Waals surface area contributed by atoms with E-state index >= 15 is 0 Å². The number of anilines is 1. The zero-order chi connectivity index (χ0) is 29.9. The molecule has 4 heterocycles. The molecule has 3 aliphatic heterocycles. The summed E-state index contributed by atoms with van der Waals surface area (Å²) in [5.74, 6) is -2.80. The molecule has 0 saturated carbocycles. The van der Waals surface area contributed by atoms with Gasteiger partial charge in [0.2, 0.25) is 6.79 Å². The molecule has 0 aromatic carbocycles. The number of aromatic nitrogens is 1. The molecule has 2 saturated heterocycles. The molecule has 1 unspecified atom stereocenters. The number of oxime groups is 1. The minimum Gasteiger partial charge on any atom is -0.458 e. The molecular formula is C25H29N5O9S2. The molecule has 41 heavy (non-hydrogen) atoms. The van der Waals surface area contributed by atoms with E-state index in [9.17, 15) is 24.0 Å². The van der Waals surface area contributed by atoms with Crippen molar-refractivity contribution in [1.82, 2.24) is 15.2 Å². The Balaban J connectivity index is 1.52. The molecule has 1 aromatic heterocycles. The van der Waals surface area contributed by atoms with E-state index in [1.807, 2.05) is 0 Å². The molecule has 14 nitrogen and oxygen atoms in total. The van der Waals surface area contributed by atoms with E-state index in [0.717, 1.165) is 11.3 Å². The third-order valence-electron chi connectivity index (χ3n) is 6.06. The van der Waals surface area contributed by atoms with Crippen LogP contribution in [0.3, 0.4) is 0 Å². The second-order valence-electron chi connectivity index (χ2n) is 10.1. The van der Waals surface area contributed by atoms with Gasteiger partial charge < -0.3 is 30.1 Å². The molecule has 3 N–H and O–H groups in total. The molecule has 220 valence electrons. The van der Waals surface area contributed by atoms with Crippen molar-refractivity contribution in [3.63, 3.8) is 0 Å². The van der Waals surface area contributed by atoms with Crippen LogP contribution >= 0.6 is 23.1 Å². The highest BCUT2D eigenvalue weighted by Gasteiger charge is 2.54. The van der Waals surface area contributed by atoms with Crippen LogP contribution in [-0.4, -0.2) is 82.5 Å². The Morgan fingerprint density at radius 1 is 1.29 bits per heavy atom. The second-order valence-corrected chi connectivity index (χ2v) is 12.1. The molecule has 2 fully saturated rings. The molecule has 1 aromatic rings. The number of nitrogens with zero attached hydrogens (tertiary/aromatic N) is 3. The summed E-state index contributed by atoms with van der Waals surface area (Å²) in [7, 11) is 1.26. The fraction of sp³-hybridized carbons (Fsp3) is 0.480. The lowest BCUT2D eigenvalue weighted by Gasteiger charge is -2.49. The number of allylic oxidation sites excluding steroid dienone is 1. The number of thioether (sulfide) groups is 1. The first kappa shape index (κ1) is 30.0. The fourth-order valence-electron chi connectivity index (χ4n) is 3.99. The summed E-state index contributed by atoms with van der Waals surface area (Å²) in [5.41, 5.74) is 5.26. The van der Waals surface area contributed by atoms with Crippen molar-refractivity contribution in [2.45, 2.75) is 51.1 Å². The highest BCUT2D eigenvalue weighted by atomic mass is 32.2. The maximum absolute atomic E-state index is 13.3. The van der Waals surface area contributed by atoms with E-state index in [4.69, 9.17) is 24.8 Å². The van der Waals surface area contributed by atoms with Gasteiger partial charge in [0, 0.05) is 17.6 Å². The minimum absolute atomic E-state index is 0.0605. The van der Waals surface area contributed by atoms with Gasteiger partial charge in [0.1, 0.15) is 36.0 Å². The lowest BCUT2D eigenvalue weighted by atomic mass is 9.98. The van der Waals surface area contributed by atoms with E-state index in [-0.39, 0.29) is 40.4 Å². The topological polar surface area (TPSA) is 189 Å². The van der Waals surface area contributed by atoms with Crippen LogP contribution in [0.4, 0.5) is 5.13 Å². The summed E-state index contributed by atoms with van der Waals surface area (Å²) < 4.78 is 15.5. The van der Waals surface area contributed by atoms with Crippen LogP contribution in [0.2, 0.25) is 0 Å².